The number of piperidine rings is 1. The van der Waals surface area contributed by atoms with E-state index in [0.717, 1.165) is 6.54 Å². The predicted octanol–water partition coefficient (Wildman–Crippen LogP) is 3.02. The highest BCUT2D eigenvalue weighted by Crippen LogP contribution is 2.31. The zero-order valence-corrected chi connectivity index (χ0v) is 11.5. The standard InChI is InChI=1S/C14H30N2/c1-4-5-6-7-13(12-15)16-10-8-14(2,3)9-11-16/h13H,4-12,15H2,1-3H3. The maximum atomic E-state index is 5.91. The minimum atomic E-state index is 0.555. The summed E-state index contributed by atoms with van der Waals surface area (Å²) in [5.74, 6) is 0. The lowest BCUT2D eigenvalue weighted by Gasteiger charge is -2.40. The lowest BCUT2D eigenvalue weighted by Crippen LogP contribution is -2.46. The van der Waals surface area contributed by atoms with Gasteiger partial charge in [-0.3, -0.25) is 4.90 Å². The maximum absolute atomic E-state index is 5.91. The number of hydrogen-bond donors (Lipinski definition) is 1. The average Bonchev–Trinajstić information content (AvgIpc) is 2.25. The summed E-state index contributed by atoms with van der Waals surface area (Å²) in [6.45, 7) is 10.4. The van der Waals surface area contributed by atoms with Crippen molar-refractivity contribution in [3.8, 4) is 0 Å². The Labute approximate surface area is 102 Å². The minimum Gasteiger partial charge on any atom is -0.329 e. The summed E-state index contributed by atoms with van der Waals surface area (Å²) in [5, 5.41) is 0. The van der Waals surface area contributed by atoms with Crippen LogP contribution >= 0.6 is 0 Å². The van der Waals surface area contributed by atoms with Gasteiger partial charge in [-0.15, -0.1) is 0 Å². The first kappa shape index (κ1) is 14.0. The fraction of sp³-hybridized carbons (Fsp3) is 1.00. The second-order valence-electron chi connectivity index (χ2n) is 6.09. The molecule has 0 radical (unpaired) electrons. The fourth-order valence-corrected chi connectivity index (χ4v) is 2.57. The molecule has 0 bridgehead atoms. The number of nitrogens with two attached hydrogens (primary N) is 1. The van der Waals surface area contributed by atoms with Gasteiger partial charge < -0.3 is 5.73 Å². The SMILES string of the molecule is CCCCCC(CN)N1CCC(C)(C)CC1. The topological polar surface area (TPSA) is 29.3 Å². The van der Waals surface area contributed by atoms with E-state index in [1.807, 2.05) is 0 Å². The Balaban J connectivity index is 2.31. The van der Waals surface area contributed by atoms with E-state index >= 15 is 0 Å². The molecule has 0 aromatic heterocycles. The average molecular weight is 226 g/mol. The first-order valence-electron chi connectivity index (χ1n) is 7.03. The predicted molar refractivity (Wildman–Crippen MR) is 71.6 cm³/mol. The first-order chi connectivity index (χ1) is 7.59. The minimum absolute atomic E-state index is 0.555. The zero-order valence-electron chi connectivity index (χ0n) is 11.5. The van der Waals surface area contributed by atoms with Crippen LogP contribution in [0.5, 0.6) is 0 Å². The third kappa shape index (κ3) is 4.42. The van der Waals surface area contributed by atoms with E-state index in [-0.39, 0.29) is 0 Å². The van der Waals surface area contributed by atoms with Crippen LogP contribution in [0.25, 0.3) is 0 Å². The second-order valence-corrected chi connectivity index (χ2v) is 6.09. The smallest absolute Gasteiger partial charge is 0.0218 e. The molecule has 1 unspecified atom stereocenters. The molecule has 0 aliphatic carbocycles. The Hall–Kier alpha value is -0.0800. The summed E-state index contributed by atoms with van der Waals surface area (Å²) in [7, 11) is 0. The highest BCUT2D eigenvalue weighted by atomic mass is 15.2. The monoisotopic (exact) mass is 226 g/mol. The Kier molecular flexibility index (Phi) is 5.77. The van der Waals surface area contributed by atoms with Crippen molar-refractivity contribution in [1.29, 1.82) is 0 Å². The number of rotatable bonds is 6. The van der Waals surface area contributed by atoms with Gasteiger partial charge in [-0.2, -0.15) is 0 Å². The van der Waals surface area contributed by atoms with Crippen LogP contribution in [0, 0.1) is 5.41 Å². The van der Waals surface area contributed by atoms with Gasteiger partial charge in [0, 0.05) is 12.6 Å². The summed E-state index contributed by atoms with van der Waals surface area (Å²) >= 11 is 0. The first-order valence-corrected chi connectivity index (χ1v) is 7.03. The zero-order chi connectivity index (χ0) is 12.0. The maximum Gasteiger partial charge on any atom is 0.0218 e. The summed E-state index contributed by atoms with van der Waals surface area (Å²) in [5.41, 5.74) is 6.47. The van der Waals surface area contributed by atoms with Crippen LogP contribution in [0.1, 0.15) is 59.3 Å². The molecule has 0 saturated carbocycles. The van der Waals surface area contributed by atoms with Crippen LogP contribution in [-0.4, -0.2) is 30.6 Å². The molecule has 0 aromatic rings. The van der Waals surface area contributed by atoms with E-state index in [0.29, 0.717) is 11.5 Å². The third-order valence-corrected chi connectivity index (χ3v) is 4.08. The molecule has 1 rings (SSSR count). The van der Waals surface area contributed by atoms with Crippen LogP contribution < -0.4 is 5.73 Å². The van der Waals surface area contributed by atoms with Gasteiger partial charge in [0.05, 0.1) is 0 Å². The molecule has 1 heterocycles. The molecule has 96 valence electrons. The molecule has 1 saturated heterocycles. The van der Waals surface area contributed by atoms with Crippen molar-refractivity contribution in [2.45, 2.75) is 65.3 Å². The molecule has 2 nitrogen and oxygen atoms in total. The van der Waals surface area contributed by atoms with Gasteiger partial charge in [0.2, 0.25) is 0 Å². The number of likely N-dealkylation sites (tertiary alicyclic amines) is 1. The van der Waals surface area contributed by atoms with E-state index in [2.05, 4.69) is 25.7 Å². The van der Waals surface area contributed by atoms with Gasteiger partial charge in [0.1, 0.15) is 0 Å². The van der Waals surface area contributed by atoms with E-state index in [1.54, 1.807) is 0 Å². The summed E-state index contributed by atoms with van der Waals surface area (Å²) in [4.78, 5) is 2.63. The summed E-state index contributed by atoms with van der Waals surface area (Å²) in [6.07, 6.45) is 7.97. The Morgan fingerprint density at radius 1 is 1.19 bits per heavy atom. The van der Waals surface area contributed by atoms with Gasteiger partial charge in [-0.1, -0.05) is 40.0 Å². The molecule has 2 N–H and O–H groups in total. The second kappa shape index (κ2) is 6.61. The van der Waals surface area contributed by atoms with Crippen molar-refractivity contribution in [3.63, 3.8) is 0 Å². The van der Waals surface area contributed by atoms with Crippen LogP contribution in [0.2, 0.25) is 0 Å². The van der Waals surface area contributed by atoms with Crippen molar-refractivity contribution in [1.82, 2.24) is 4.90 Å². The lowest BCUT2D eigenvalue weighted by atomic mass is 9.82. The van der Waals surface area contributed by atoms with Gasteiger partial charge >= 0.3 is 0 Å². The van der Waals surface area contributed by atoms with Gasteiger partial charge in [-0.05, 0) is 37.8 Å². The normalized spacial score (nSPS) is 23.2. The van der Waals surface area contributed by atoms with Crippen molar-refractivity contribution >= 4 is 0 Å². The Bertz CT molecular complexity index is 179. The summed E-state index contributed by atoms with van der Waals surface area (Å²) in [6, 6.07) is 0.641. The highest BCUT2D eigenvalue weighted by Gasteiger charge is 2.28. The van der Waals surface area contributed by atoms with Gasteiger partial charge in [0.15, 0.2) is 0 Å². The molecule has 1 aliphatic rings. The number of unbranched alkanes of at least 4 members (excludes halogenated alkanes) is 2. The molecule has 1 fully saturated rings. The van der Waals surface area contributed by atoms with Crippen LogP contribution in [-0.2, 0) is 0 Å². The van der Waals surface area contributed by atoms with Crippen molar-refractivity contribution in [3.05, 3.63) is 0 Å². The molecule has 1 aliphatic heterocycles. The molecular weight excluding hydrogens is 196 g/mol. The highest BCUT2D eigenvalue weighted by molar-refractivity contribution is 4.83. The lowest BCUT2D eigenvalue weighted by molar-refractivity contribution is 0.0916. The van der Waals surface area contributed by atoms with E-state index in [9.17, 15) is 0 Å². The van der Waals surface area contributed by atoms with Crippen LogP contribution in [0.3, 0.4) is 0 Å². The van der Waals surface area contributed by atoms with E-state index in [1.165, 1.54) is 51.6 Å². The fourth-order valence-electron chi connectivity index (χ4n) is 2.57. The molecule has 1 atom stereocenters. The van der Waals surface area contributed by atoms with E-state index < -0.39 is 0 Å². The van der Waals surface area contributed by atoms with Crippen molar-refractivity contribution < 1.29 is 0 Å². The third-order valence-electron chi connectivity index (χ3n) is 4.08. The van der Waals surface area contributed by atoms with Crippen LogP contribution in [0.4, 0.5) is 0 Å². The Morgan fingerprint density at radius 3 is 2.31 bits per heavy atom. The molecule has 16 heavy (non-hydrogen) atoms. The quantitative estimate of drug-likeness (QED) is 0.705. The van der Waals surface area contributed by atoms with Crippen molar-refractivity contribution in [2.75, 3.05) is 19.6 Å². The largest absolute Gasteiger partial charge is 0.329 e. The van der Waals surface area contributed by atoms with Gasteiger partial charge in [0.25, 0.3) is 0 Å². The van der Waals surface area contributed by atoms with Crippen molar-refractivity contribution in [2.24, 2.45) is 11.1 Å². The van der Waals surface area contributed by atoms with Gasteiger partial charge in [-0.25, -0.2) is 0 Å². The number of nitrogens with zero attached hydrogens (tertiary/aromatic N) is 1. The number of hydrogen-bond acceptors (Lipinski definition) is 2. The van der Waals surface area contributed by atoms with E-state index in [4.69, 9.17) is 5.73 Å². The summed E-state index contributed by atoms with van der Waals surface area (Å²) < 4.78 is 0. The van der Waals surface area contributed by atoms with Crippen LogP contribution in [0.15, 0.2) is 0 Å². The molecule has 0 aromatic carbocycles. The molecule has 2 heteroatoms. The molecular formula is C14H30N2. The molecule has 0 amide bonds. The Morgan fingerprint density at radius 2 is 1.81 bits per heavy atom. The molecule has 0 spiro atoms.